The second kappa shape index (κ2) is 5.61. The number of aromatic hydroxyl groups is 1. The van der Waals surface area contributed by atoms with Gasteiger partial charge >= 0.3 is 0 Å². The summed E-state index contributed by atoms with van der Waals surface area (Å²) in [7, 11) is 0. The van der Waals surface area contributed by atoms with Crippen molar-refractivity contribution in [3.63, 3.8) is 0 Å². The first kappa shape index (κ1) is 13.9. The predicted octanol–water partition coefficient (Wildman–Crippen LogP) is 1.75. The molecular weight excluding hydrogens is 240 g/mol. The van der Waals surface area contributed by atoms with Crippen molar-refractivity contribution in [1.82, 2.24) is 9.80 Å². The topological polar surface area (TPSA) is 43.8 Å². The van der Waals surface area contributed by atoms with Crippen LogP contribution in [0.4, 0.5) is 0 Å². The molecule has 1 N–H and O–H groups in total. The van der Waals surface area contributed by atoms with E-state index in [1.165, 1.54) is 0 Å². The van der Waals surface area contributed by atoms with Gasteiger partial charge in [0.05, 0.1) is 6.04 Å². The van der Waals surface area contributed by atoms with Gasteiger partial charge in [-0.1, -0.05) is 12.1 Å². The molecule has 2 rings (SSSR count). The summed E-state index contributed by atoms with van der Waals surface area (Å²) in [5, 5.41) is 9.54. The van der Waals surface area contributed by atoms with Crippen molar-refractivity contribution < 1.29 is 9.90 Å². The summed E-state index contributed by atoms with van der Waals surface area (Å²) in [4.78, 5) is 16.2. The first-order chi connectivity index (χ1) is 9.02. The molecule has 1 aliphatic heterocycles. The van der Waals surface area contributed by atoms with E-state index in [0.29, 0.717) is 5.75 Å². The number of hydrogen-bond acceptors (Lipinski definition) is 3. The number of carbonyl (C=O) groups is 1. The number of phenolic OH excluding ortho intramolecular Hbond substituents is 1. The molecule has 19 heavy (non-hydrogen) atoms. The van der Waals surface area contributed by atoms with Crippen molar-refractivity contribution in [1.29, 1.82) is 0 Å². The molecule has 4 heteroatoms. The molecule has 0 aliphatic carbocycles. The Balaban J connectivity index is 2.07. The molecule has 1 aliphatic rings. The number of aryl methyl sites for hydroxylation is 1. The van der Waals surface area contributed by atoms with Crippen LogP contribution in [0.1, 0.15) is 25.0 Å². The number of rotatable bonds is 3. The number of nitrogens with zero attached hydrogens (tertiary/aromatic N) is 2. The molecule has 0 aromatic heterocycles. The van der Waals surface area contributed by atoms with Crippen molar-refractivity contribution in [3.8, 4) is 5.75 Å². The molecule has 104 valence electrons. The van der Waals surface area contributed by atoms with Crippen LogP contribution in [0.2, 0.25) is 0 Å². The van der Waals surface area contributed by atoms with Gasteiger partial charge in [-0.05, 0) is 38.0 Å². The van der Waals surface area contributed by atoms with Crippen LogP contribution in [0.5, 0.6) is 5.75 Å². The van der Waals surface area contributed by atoms with E-state index >= 15 is 0 Å². The Morgan fingerprint density at radius 3 is 2.74 bits per heavy atom. The van der Waals surface area contributed by atoms with Crippen LogP contribution < -0.4 is 0 Å². The minimum Gasteiger partial charge on any atom is -0.508 e. The SMILES string of the molecule is CCN1CCN(Cc2ccc(O)c(C)c2)[C@H](C)C1=O. The third kappa shape index (κ3) is 2.89. The van der Waals surface area contributed by atoms with Gasteiger partial charge in [0.15, 0.2) is 0 Å². The van der Waals surface area contributed by atoms with Gasteiger partial charge in [-0.3, -0.25) is 9.69 Å². The average molecular weight is 262 g/mol. The van der Waals surface area contributed by atoms with Crippen molar-refractivity contribution in [3.05, 3.63) is 29.3 Å². The monoisotopic (exact) mass is 262 g/mol. The smallest absolute Gasteiger partial charge is 0.239 e. The van der Waals surface area contributed by atoms with Gasteiger partial charge in [0.2, 0.25) is 5.91 Å². The number of hydrogen-bond donors (Lipinski definition) is 1. The Labute approximate surface area is 114 Å². The summed E-state index contributed by atoms with van der Waals surface area (Å²) in [5.41, 5.74) is 2.02. The Bertz CT molecular complexity index is 473. The fourth-order valence-corrected chi connectivity index (χ4v) is 2.55. The number of carbonyl (C=O) groups excluding carboxylic acids is 1. The van der Waals surface area contributed by atoms with Crippen molar-refractivity contribution in [2.75, 3.05) is 19.6 Å². The highest BCUT2D eigenvalue weighted by Gasteiger charge is 2.30. The maximum atomic E-state index is 12.1. The van der Waals surface area contributed by atoms with Gasteiger partial charge in [0, 0.05) is 26.2 Å². The van der Waals surface area contributed by atoms with Crippen LogP contribution in [0.15, 0.2) is 18.2 Å². The van der Waals surface area contributed by atoms with E-state index in [2.05, 4.69) is 4.90 Å². The molecule has 1 saturated heterocycles. The highest BCUT2D eigenvalue weighted by Crippen LogP contribution is 2.20. The van der Waals surface area contributed by atoms with E-state index < -0.39 is 0 Å². The Hall–Kier alpha value is -1.55. The first-order valence-corrected chi connectivity index (χ1v) is 6.84. The van der Waals surface area contributed by atoms with Crippen LogP contribution in [0, 0.1) is 6.92 Å². The van der Waals surface area contributed by atoms with E-state index in [0.717, 1.165) is 37.3 Å². The summed E-state index contributed by atoms with van der Waals surface area (Å²) in [6, 6.07) is 5.56. The molecule has 1 amide bonds. The summed E-state index contributed by atoms with van der Waals surface area (Å²) in [6.45, 7) is 9.13. The summed E-state index contributed by atoms with van der Waals surface area (Å²) in [6.07, 6.45) is 0. The van der Waals surface area contributed by atoms with Gasteiger partial charge in [-0.2, -0.15) is 0 Å². The van der Waals surface area contributed by atoms with E-state index in [4.69, 9.17) is 0 Å². The van der Waals surface area contributed by atoms with Gasteiger partial charge in [0.25, 0.3) is 0 Å². The molecule has 0 spiro atoms. The lowest BCUT2D eigenvalue weighted by Crippen LogP contribution is -2.55. The molecule has 0 saturated carbocycles. The quantitative estimate of drug-likeness (QED) is 0.902. The van der Waals surface area contributed by atoms with Gasteiger partial charge in [-0.25, -0.2) is 0 Å². The summed E-state index contributed by atoms with van der Waals surface area (Å²) >= 11 is 0. The molecule has 0 bridgehead atoms. The number of amides is 1. The van der Waals surface area contributed by atoms with Crippen molar-refractivity contribution >= 4 is 5.91 Å². The Kier molecular flexibility index (Phi) is 4.10. The predicted molar refractivity (Wildman–Crippen MR) is 75.0 cm³/mol. The highest BCUT2D eigenvalue weighted by atomic mass is 16.3. The Morgan fingerprint density at radius 2 is 2.11 bits per heavy atom. The standard InChI is InChI=1S/C15H22N2O2/c1-4-16-7-8-17(12(3)15(16)19)10-13-5-6-14(18)11(2)9-13/h5-6,9,12,18H,4,7-8,10H2,1-3H3/t12-/m1/s1. The van der Waals surface area contributed by atoms with Crippen LogP contribution in [-0.2, 0) is 11.3 Å². The Morgan fingerprint density at radius 1 is 1.37 bits per heavy atom. The van der Waals surface area contributed by atoms with Crippen molar-refractivity contribution in [2.45, 2.75) is 33.4 Å². The summed E-state index contributed by atoms with van der Waals surface area (Å²) < 4.78 is 0. The fourth-order valence-electron chi connectivity index (χ4n) is 2.55. The number of likely N-dealkylation sites (N-methyl/N-ethyl adjacent to an activating group) is 1. The van der Waals surface area contributed by atoms with E-state index in [1.54, 1.807) is 6.07 Å². The van der Waals surface area contributed by atoms with E-state index in [9.17, 15) is 9.90 Å². The molecular formula is C15H22N2O2. The zero-order valence-corrected chi connectivity index (χ0v) is 11.9. The maximum absolute atomic E-state index is 12.1. The van der Waals surface area contributed by atoms with E-state index in [-0.39, 0.29) is 11.9 Å². The molecule has 1 heterocycles. The molecule has 1 aromatic carbocycles. The van der Waals surface area contributed by atoms with Gasteiger partial charge in [0.1, 0.15) is 5.75 Å². The lowest BCUT2D eigenvalue weighted by Gasteiger charge is -2.38. The van der Waals surface area contributed by atoms with Gasteiger partial charge in [-0.15, -0.1) is 0 Å². The lowest BCUT2D eigenvalue weighted by molar-refractivity contribution is -0.141. The zero-order valence-electron chi connectivity index (χ0n) is 11.9. The normalized spacial score (nSPS) is 20.9. The second-order valence-electron chi connectivity index (χ2n) is 5.19. The third-order valence-corrected chi connectivity index (χ3v) is 3.90. The average Bonchev–Trinajstić information content (AvgIpc) is 2.40. The molecule has 4 nitrogen and oxygen atoms in total. The molecule has 1 atom stereocenters. The van der Waals surface area contributed by atoms with Crippen LogP contribution in [0.25, 0.3) is 0 Å². The molecule has 0 unspecified atom stereocenters. The number of phenols is 1. The zero-order chi connectivity index (χ0) is 14.0. The highest BCUT2D eigenvalue weighted by molar-refractivity contribution is 5.82. The molecule has 1 aromatic rings. The van der Waals surface area contributed by atoms with Gasteiger partial charge < -0.3 is 10.0 Å². The lowest BCUT2D eigenvalue weighted by atomic mass is 10.1. The maximum Gasteiger partial charge on any atom is 0.239 e. The minimum absolute atomic E-state index is 0.0668. The van der Waals surface area contributed by atoms with Crippen molar-refractivity contribution in [2.24, 2.45) is 0 Å². The number of piperazine rings is 1. The van der Waals surface area contributed by atoms with Crippen LogP contribution in [-0.4, -0.2) is 46.5 Å². The molecule has 1 fully saturated rings. The first-order valence-electron chi connectivity index (χ1n) is 6.84. The molecule has 0 radical (unpaired) electrons. The summed E-state index contributed by atoms with van der Waals surface area (Å²) in [5.74, 6) is 0.535. The second-order valence-corrected chi connectivity index (χ2v) is 5.19. The van der Waals surface area contributed by atoms with Crippen LogP contribution >= 0.6 is 0 Å². The number of benzene rings is 1. The third-order valence-electron chi connectivity index (χ3n) is 3.90. The van der Waals surface area contributed by atoms with Crippen LogP contribution in [0.3, 0.4) is 0 Å². The minimum atomic E-state index is -0.0668. The van der Waals surface area contributed by atoms with E-state index in [1.807, 2.05) is 37.8 Å². The largest absolute Gasteiger partial charge is 0.508 e. The fraction of sp³-hybridized carbons (Fsp3) is 0.533.